The molecular formula is C14H22N4O3. The lowest BCUT2D eigenvalue weighted by atomic mass is 9.99. The maximum atomic E-state index is 10.9. The zero-order valence-electron chi connectivity index (χ0n) is 12.2. The molecule has 0 saturated carbocycles. The molecule has 0 radical (unpaired) electrons. The van der Waals surface area contributed by atoms with Gasteiger partial charge in [0.1, 0.15) is 11.9 Å². The lowest BCUT2D eigenvalue weighted by molar-refractivity contribution is -0.384. The molecule has 21 heavy (non-hydrogen) atoms. The fourth-order valence-electron chi connectivity index (χ4n) is 2.52. The number of aliphatic hydroxyl groups is 1. The first-order valence-electron chi connectivity index (χ1n) is 7.29. The van der Waals surface area contributed by atoms with Crippen LogP contribution in [0.25, 0.3) is 0 Å². The molecule has 2 rings (SSSR count). The molecule has 0 bridgehead atoms. The molecule has 7 heteroatoms. The van der Waals surface area contributed by atoms with E-state index >= 15 is 0 Å². The van der Waals surface area contributed by atoms with Crippen molar-refractivity contribution in [3.63, 3.8) is 0 Å². The number of nitro groups is 1. The number of pyridine rings is 1. The smallest absolute Gasteiger partial charge is 0.310 e. The van der Waals surface area contributed by atoms with Gasteiger partial charge in [0.2, 0.25) is 0 Å². The molecule has 1 saturated heterocycles. The molecule has 2 heterocycles. The van der Waals surface area contributed by atoms with Gasteiger partial charge in [-0.1, -0.05) is 6.92 Å². The topological polar surface area (TPSA) is 91.5 Å². The number of nitrogens with one attached hydrogen (secondary N) is 1. The quantitative estimate of drug-likeness (QED) is 0.610. The van der Waals surface area contributed by atoms with Crippen molar-refractivity contribution >= 4 is 11.4 Å². The van der Waals surface area contributed by atoms with Crippen LogP contribution in [0, 0.1) is 16.0 Å². The van der Waals surface area contributed by atoms with Crippen molar-refractivity contribution < 1.29 is 10.0 Å². The minimum atomic E-state index is -0.550. The van der Waals surface area contributed by atoms with Crippen LogP contribution in [0.3, 0.4) is 0 Å². The highest BCUT2D eigenvalue weighted by atomic mass is 16.6. The number of piperidine rings is 1. The predicted octanol–water partition coefficient (Wildman–Crippen LogP) is 1.49. The predicted molar refractivity (Wildman–Crippen MR) is 80.2 cm³/mol. The molecule has 1 aromatic rings. The highest BCUT2D eigenvalue weighted by Crippen LogP contribution is 2.22. The summed E-state index contributed by atoms with van der Waals surface area (Å²) in [7, 11) is 0. The number of aromatic nitrogens is 1. The van der Waals surface area contributed by atoms with E-state index in [1.54, 1.807) is 6.07 Å². The van der Waals surface area contributed by atoms with Gasteiger partial charge >= 0.3 is 5.69 Å². The van der Waals surface area contributed by atoms with Crippen molar-refractivity contribution in [1.82, 2.24) is 9.88 Å². The third kappa shape index (κ3) is 4.64. The van der Waals surface area contributed by atoms with E-state index < -0.39 is 11.0 Å². The molecule has 7 nitrogen and oxygen atoms in total. The van der Waals surface area contributed by atoms with E-state index in [9.17, 15) is 15.2 Å². The van der Waals surface area contributed by atoms with E-state index in [0.717, 1.165) is 31.8 Å². The molecular weight excluding hydrogens is 272 g/mol. The maximum Gasteiger partial charge on any atom is 0.310 e. The van der Waals surface area contributed by atoms with Gasteiger partial charge in [0.25, 0.3) is 0 Å². The van der Waals surface area contributed by atoms with Crippen LogP contribution in [-0.4, -0.2) is 52.2 Å². The molecule has 0 amide bonds. The molecule has 1 unspecified atom stereocenters. The van der Waals surface area contributed by atoms with Gasteiger partial charge in [-0.3, -0.25) is 15.1 Å². The number of β-amino-alcohol motifs (C(OH)–C–C–N with tert-alkyl or cyclic N) is 1. The Bertz CT molecular complexity index is 475. The number of rotatable bonds is 6. The van der Waals surface area contributed by atoms with Crippen LogP contribution >= 0.6 is 0 Å². The minimum Gasteiger partial charge on any atom is -0.390 e. The number of hydrogen-bond donors (Lipinski definition) is 2. The van der Waals surface area contributed by atoms with Gasteiger partial charge in [0, 0.05) is 19.3 Å². The van der Waals surface area contributed by atoms with Crippen molar-refractivity contribution in [2.75, 3.05) is 31.5 Å². The van der Waals surface area contributed by atoms with Crippen molar-refractivity contribution in [3.8, 4) is 0 Å². The molecule has 1 aromatic heterocycles. The van der Waals surface area contributed by atoms with Crippen molar-refractivity contribution in [2.24, 2.45) is 5.92 Å². The summed E-state index contributed by atoms with van der Waals surface area (Å²) < 4.78 is 0. The standard InChI is InChI=1S/C14H22N4O3/c1-11-3-6-17(7-4-11)10-12(19)8-16-13-2-5-15-9-14(13)18(20)21/h2,5,9,11-12,19H,3-4,6-8,10H2,1H3,(H,15,16). The van der Waals surface area contributed by atoms with Gasteiger partial charge in [0.15, 0.2) is 0 Å². The van der Waals surface area contributed by atoms with E-state index in [2.05, 4.69) is 22.1 Å². The van der Waals surface area contributed by atoms with Gasteiger partial charge in [0.05, 0.1) is 11.0 Å². The molecule has 1 aliphatic heterocycles. The Balaban J connectivity index is 1.81. The van der Waals surface area contributed by atoms with Gasteiger partial charge < -0.3 is 15.3 Å². The normalized spacial score (nSPS) is 18.4. The van der Waals surface area contributed by atoms with Gasteiger partial charge in [-0.2, -0.15) is 0 Å². The van der Waals surface area contributed by atoms with Crippen molar-refractivity contribution in [1.29, 1.82) is 0 Å². The molecule has 1 aliphatic rings. The molecule has 0 spiro atoms. The van der Waals surface area contributed by atoms with Crippen LogP contribution < -0.4 is 5.32 Å². The first-order valence-corrected chi connectivity index (χ1v) is 7.29. The Hall–Kier alpha value is -1.73. The average molecular weight is 294 g/mol. The number of nitrogens with zero attached hydrogens (tertiary/aromatic N) is 3. The summed E-state index contributed by atoms with van der Waals surface area (Å²) in [5.74, 6) is 0.760. The Kier molecular flexibility index (Phi) is 5.46. The van der Waals surface area contributed by atoms with E-state index in [4.69, 9.17) is 0 Å². The zero-order chi connectivity index (χ0) is 15.2. The van der Waals surface area contributed by atoms with Gasteiger partial charge in [-0.05, 0) is 37.9 Å². The van der Waals surface area contributed by atoms with Gasteiger partial charge in [-0.25, -0.2) is 0 Å². The maximum absolute atomic E-state index is 10.9. The number of likely N-dealkylation sites (tertiary alicyclic amines) is 1. The molecule has 1 atom stereocenters. The second-order valence-corrected chi connectivity index (χ2v) is 5.67. The summed E-state index contributed by atoms with van der Waals surface area (Å²) >= 11 is 0. The molecule has 0 aliphatic carbocycles. The number of hydrogen-bond acceptors (Lipinski definition) is 6. The Labute approximate surface area is 124 Å². The Morgan fingerprint density at radius 3 is 2.95 bits per heavy atom. The third-order valence-electron chi connectivity index (χ3n) is 3.87. The molecule has 0 aromatic carbocycles. The van der Waals surface area contributed by atoms with Crippen LogP contribution in [0.2, 0.25) is 0 Å². The number of anilines is 1. The number of aliphatic hydroxyl groups excluding tert-OH is 1. The summed E-state index contributed by atoms with van der Waals surface area (Å²) in [6.07, 6.45) is 4.48. The lowest BCUT2D eigenvalue weighted by Gasteiger charge is -2.31. The summed E-state index contributed by atoms with van der Waals surface area (Å²) in [5.41, 5.74) is 0.317. The second kappa shape index (κ2) is 7.33. The minimum absolute atomic E-state index is 0.0727. The largest absolute Gasteiger partial charge is 0.390 e. The average Bonchev–Trinajstić information content (AvgIpc) is 2.48. The summed E-state index contributed by atoms with van der Waals surface area (Å²) in [4.78, 5) is 16.4. The molecule has 1 fully saturated rings. The summed E-state index contributed by atoms with van der Waals surface area (Å²) in [6.45, 7) is 5.15. The monoisotopic (exact) mass is 294 g/mol. The Morgan fingerprint density at radius 1 is 1.57 bits per heavy atom. The third-order valence-corrected chi connectivity index (χ3v) is 3.87. The Morgan fingerprint density at radius 2 is 2.29 bits per heavy atom. The summed E-state index contributed by atoms with van der Waals surface area (Å²) in [5, 5.41) is 23.9. The van der Waals surface area contributed by atoms with E-state index in [-0.39, 0.29) is 12.2 Å². The highest BCUT2D eigenvalue weighted by molar-refractivity contribution is 5.59. The zero-order valence-corrected chi connectivity index (χ0v) is 12.2. The lowest BCUT2D eigenvalue weighted by Crippen LogP contribution is -2.40. The van der Waals surface area contributed by atoms with Crippen LogP contribution in [0.5, 0.6) is 0 Å². The van der Waals surface area contributed by atoms with Gasteiger partial charge in [-0.15, -0.1) is 0 Å². The second-order valence-electron chi connectivity index (χ2n) is 5.67. The van der Waals surface area contributed by atoms with Crippen LogP contribution in [0.15, 0.2) is 18.5 Å². The fraction of sp³-hybridized carbons (Fsp3) is 0.643. The van der Waals surface area contributed by atoms with E-state index in [1.807, 2.05) is 0 Å². The fourth-order valence-corrected chi connectivity index (χ4v) is 2.52. The SMILES string of the molecule is CC1CCN(CC(O)CNc2ccncc2[N+](=O)[O-])CC1. The first-order chi connectivity index (χ1) is 10.1. The molecule has 2 N–H and O–H groups in total. The van der Waals surface area contributed by atoms with Crippen molar-refractivity contribution in [2.45, 2.75) is 25.9 Å². The van der Waals surface area contributed by atoms with E-state index in [1.165, 1.54) is 12.4 Å². The van der Waals surface area contributed by atoms with Crippen LogP contribution in [0.1, 0.15) is 19.8 Å². The van der Waals surface area contributed by atoms with Crippen molar-refractivity contribution in [3.05, 3.63) is 28.6 Å². The van der Waals surface area contributed by atoms with Crippen LogP contribution in [-0.2, 0) is 0 Å². The molecule has 116 valence electrons. The summed E-state index contributed by atoms with van der Waals surface area (Å²) in [6, 6.07) is 1.55. The van der Waals surface area contributed by atoms with Crippen LogP contribution in [0.4, 0.5) is 11.4 Å². The highest BCUT2D eigenvalue weighted by Gasteiger charge is 2.19. The first kappa shape index (κ1) is 15.7. The van der Waals surface area contributed by atoms with E-state index in [0.29, 0.717) is 12.2 Å².